The van der Waals surface area contributed by atoms with Gasteiger partial charge in [0.15, 0.2) is 6.61 Å². The SMILES string of the molecule is C=C(CC)CNOCC(F)(F)F. The van der Waals surface area contributed by atoms with Crippen molar-refractivity contribution in [2.75, 3.05) is 13.2 Å². The molecular weight excluding hydrogens is 171 g/mol. The van der Waals surface area contributed by atoms with Crippen LogP contribution in [0.3, 0.4) is 0 Å². The van der Waals surface area contributed by atoms with E-state index in [4.69, 9.17) is 0 Å². The molecule has 0 aliphatic heterocycles. The summed E-state index contributed by atoms with van der Waals surface area (Å²) in [5, 5.41) is 0. The number of hydrogen-bond donors (Lipinski definition) is 1. The maximum atomic E-state index is 11.5. The quantitative estimate of drug-likeness (QED) is 0.400. The van der Waals surface area contributed by atoms with Gasteiger partial charge in [-0.15, -0.1) is 0 Å². The fourth-order valence-corrected chi connectivity index (χ4v) is 0.411. The summed E-state index contributed by atoms with van der Waals surface area (Å²) in [4.78, 5) is 4.13. The number of nitrogens with one attached hydrogen (secondary N) is 1. The van der Waals surface area contributed by atoms with Crippen molar-refractivity contribution in [1.82, 2.24) is 5.48 Å². The van der Waals surface area contributed by atoms with E-state index in [0.29, 0.717) is 0 Å². The maximum Gasteiger partial charge on any atom is 0.413 e. The lowest BCUT2D eigenvalue weighted by atomic mass is 10.2. The molecule has 0 aromatic rings. The van der Waals surface area contributed by atoms with Crippen LogP contribution in [0.15, 0.2) is 12.2 Å². The molecule has 0 atom stereocenters. The normalized spacial score (nSPS) is 11.7. The largest absolute Gasteiger partial charge is 0.413 e. The summed E-state index contributed by atoms with van der Waals surface area (Å²) >= 11 is 0. The lowest BCUT2D eigenvalue weighted by Crippen LogP contribution is -2.25. The molecule has 0 heterocycles. The van der Waals surface area contributed by atoms with E-state index in [1.54, 1.807) is 0 Å². The summed E-state index contributed by atoms with van der Waals surface area (Å²) in [7, 11) is 0. The van der Waals surface area contributed by atoms with Crippen LogP contribution in [0.1, 0.15) is 13.3 Å². The van der Waals surface area contributed by atoms with Gasteiger partial charge in [-0.2, -0.15) is 18.7 Å². The van der Waals surface area contributed by atoms with Gasteiger partial charge in [-0.25, -0.2) is 0 Å². The summed E-state index contributed by atoms with van der Waals surface area (Å²) in [5.74, 6) is 0. The minimum atomic E-state index is -4.28. The average molecular weight is 183 g/mol. The first-order valence-corrected chi connectivity index (χ1v) is 3.53. The zero-order chi connectivity index (χ0) is 9.61. The van der Waals surface area contributed by atoms with Gasteiger partial charge in [-0.3, -0.25) is 4.84 Å². The third kappa shape index (κ3) is 7.56. The topological polar surface area (TPSA) is 21.3 Å². The molecule has 0 amide bonds. The van der Waals surface area contributed by atoms with Crippen molar-refractivity contribution in [2.45, 2.75) is 19.5 Å². The van der Waals surface area contributed by atoms with E-state index < -0.39 is 12.8 Å². The van der Waals surface area contributed by atoms with Gasteiger partial charge in [0.05, 0.1) is 0 Å². The van der Waals surface area contributed by atoms with Crippen LogP contribution in [0.5, 0.6) is 0 Å². The van der Waals surface area contributed by atoms with Crippen molar-refractivity contribution >= 4 is 0 Å². The minimum absolute atomic E-state index is 0.257. The Labute approximate surface area is 69.4 Å². The number of halogens is 3. The van der Waals surface area contributed by atoms with E-state index in [2.05, 4.69) is 16.9 Å². The fourth-order valence-electron chi connectivity index (χ4n) is 0.411. The van der Waals surface area contributed by atoms with Crippen LogP contribution in [0.4, 0.5) is 13.2 Å². The van der Waals surface area contributed by atoms with E-state index in [-0.39, 0.29) is 6.54 Å². The van der Waals surface area contributed by atoms with Gasteiger partial charge in [-0.05, 0) is 6.42 Å². The molecule has 72 valence electrons. The number of alkyl halides is 3. The number of hydroxylamine groups is 1. The second kappa shape index (κ2) is 5.16. The van der Waals surface area contributed by atoms with Gasteiger partial charge in [0.1, 0.15) is 0 Å². The monoisotopic (exact) mass is 183 g/mol. The molecule has 0 aliphatic rings. The van der Waals surface area contributed by atoms with Crippen molar-refractivity contribution in [3.63, 3.8) is 0 Å². The van der Waals surface area contributed by atoms with Crippen molar-refractivity contribution in [3.8, 4) is 0 Å². The summed E-state index contributed by atoms with van der Waals surface area (Å²) in [6.45, 7) is 4.43. The van der Waals surface area contributed by atoms with E-state index in [1.807, 2.05) is 6.92 Å². The highest BCUT2D eigenvalue weighted by atomic mass is 19.4. The molecule has 1 N–H and O–H groups in total. The third-order valence-corrected chi connectivity index (χ3v) is 1.16. The third-order valence-electron chi connectivity index (χ3n) is 1.16. The number of hydrogen-bond acceptors (Lipinski definition) is 2. The second-order valence-corrected chi connectivity index (χ2v) is 2.33. The molecule has 2 nitrogen and oxygen atoms in total. The minimum Gasteiger partial charge on any atom is -0.292 e. The molecular formula is C7H12F3NO. The van der Waals surface area contributed by atoms with Crippen molar-refractivity contribution in [3.05, 3.63) is 12.2 Å². The highest BCUT2D eigenvalue weighted by molar-refractivity contribution is 4.93. The molecule has 0 spiro atoms. The Morgan fingerprint density at radius 1 is 1.50 bits per heavy atom. The lowest BCUT2D eigenvalue weighted by molar-refractivity contribution is -0.188. The molecule has 0 rings (SSSR count). The highest BCUT2D eigenvalue weighted by Gasteiger charge is 2.27. The van der Waals surface area contributed by atoms with Gasteiger partial charge in [0.2, 0.25) is 0 Å². The maximum absolute atomic E-state index is 11.5. The molecule has 12 heavy (non-hydrogen) atoms. The van der Waals surface area contributed by atoms with Gasteiger partial charge in [0.25, 0.3) is 0 Å². The molecule has 0 saturated carbocycles. The lowest BCUT2D eigenvalue weighted by Gasteiger charge is -2.08. The molecule has 0 saturated heterocycles. The molecule has 0 bridgehead atoms. The smallest absolute Gasteiger partial charge is 0.292 e. The van der Waals surface area contributed by atoms with Crippen LogP contribution in [-0.4, -0.2) is 19.3 Å². The predicted octanol–water partition coefficient (Wildman–Crippen LogP) is 2.04. The summed E-state index contributed by atoms with van der Waals surface area (Å²) in [5.41, 5.74) is 2.98. The Kier molecular flexibility index (Phi) is 4.92. The number of rotatable bonds is 5. The first-order chi connectivity index (χ1) is 5.45. The van der Waals surface area contributed by atoms with Crippen LogP contribution < -0.4 is 5.48 Å². The van der Waals surface area contributed by atoms with Crippen LogP contribution >= 0.6 is 0 Å². The molecule has 0 aromatic carbocycles. The molecule has 0 fully saturated rings. The Bertz CT molecular complexity index is 144. The summed E-state index contributed by atoms with van der Waals surface area (Å²) < 4.78 is 34.4. The second-order valence-electron chi connectivity index (χ2n) is 2.33. The Morgan fingerprint density at radius 2 is 2.08 bits per heavy atom. The zero-order valence-electron chi connectivity index (χ0n) is 6.87. The Morgan fingerprint density at radius 3 is 2.50 bits per heavy atom. The van der Waals surface area contributed by atoms with Gasteiger partial charge < -0.3 is 0 Å². The standard InChI is InChI=1S/C7H12F3NO/c1-3-6(2)4-11-12-5-7(8,9)10/h11H,2-5H2,1H3. The van der Waals surface area contributed by atoms with Gasteiger partial charge in [-0.1, -0.05) is 19.1 Å². The Balaban J connectivity index is 3.28. The van der Waals surface area contributed by atoms with E-state index in [9.17, 15) is 13.2 Å². The summed E-state index contributed by atoms with van der Waals surface area (Å²) in [6.07, 6.45) is -3.55. The van der Waals surface area contributed by atoms with E-state index in [0.717, 1.165) is 12.0 Å². The van der Waals surface area contributed by atoms with Crippen LogP contribution in [0, 0.1) is 0 Å². The van der Waals surface area contributed by atoms with Gasteiger partial charge >= 0.3 is 6.18 Å². The molecule has 0 unspecified atom stereocenters. The fraction of sp³-hybridized carbons (Fsp3) is 0.714. The van der Waals surface area contributed by atoms with Gasteiger partial charge in [0, 0.05) is 6.54 Å². The molecule has 5 heteroatoms. The molecule has 0 aliphatic carbocycles. The molecule has 0 aromatic heterocycles. The van der Waals surface area contributed by atoms with Crippen molar-refractivity contribution in [2.24, 2.45) is 0 Å². The van der Waals surface area contributed by atoms with Crippen molar-refractivity contribution < 1.29 is 18.0 Å². The van der Waals surface area contributed by atoms with E-state index >= 15 is 0 Å². The first-order valence-electron chi connectivity index (χ1n) is 3.53. The first kappa shape index (κ1) is 11.4. The average Bonchev–Trinajstić information content (AvgIpc) is 1.96. The summed E-state index contributed by atoms with van der Waals surface area (Å²) in [6, 6.07) is 0. The Hall–Kier alpha value is -0.550. The predicted molar refractivity (Wildman–Crippen MR) is 39.4 cm³/mol. The highest BCUT2D eigenvalue weighted by Crippen LogP contribution is 2.13. The van der Waals surface area contributed by atoms with Crippen LogP contribution in [-0.2, 0) is 4.84 Å². The molecule has 0 radical (unpaired) electrons. The van der Waals surface area contributed by atoms with Crippen molar-refractivity contribution in [1.29, 1.82) is 0 Å². The zero-order valence-corrected chi connectivity index (χ0v) is 6.87. The van der Waals surface area contributed by atoms with Crippen LogP contribution in [0.2, 0.25) is 0 Å². The van der Waals surface area contributed by atoms with Crippen LogP contribution in [0.25, 0.3) is 0 Å². The van der Waals surface area contributed by atoms with E-state index in [1.165, 1.54) is 0 Å².